The van der Waals surface area contributed by atoms with Crippen molar-refractivity contribution >= 4 is 5.97 Å². The molecule has 2 aliphatic rings. The SMILES string of the molecule is O=C(OC1(Cc2ccc(F)cc2)CC1)[C@H]1CC=CCC1. The summed E-state index contributed by atoms with van der Waals surface area (Å²) in [6.45, 7) is 0. The van der Waals surface area contributed by atoms with Crippen molar-refractivity contribution in [2.75, 3.05) is 0 Å². The summed E-state index contributed by atoms with van der Waals surface area (Å²) in [6, 6.07) is 6.46. The van der Waals surface area contributed by atoms with Crippen molar-refractivity contribution in [2.45, 2.75) is 44.1 Å². The fraction of sp³-hybridized carbons (Fsp3) is 0.471. The van der Waals surface area contributed by atoms with Gasteiger partial charge in [0.1, 0.15) is 11.4 Å². The van der Waals surface area contributed by atoms with Crippen molar-refractivity contribution in [3.05, 3.63) is 47.8 Å². The van der Waals surface area contributed by atoms with Gasteiger partial charge in [-0.25, -0.2) is 4.39 Å². The van der Waals surface area contributed by atoms with Crippen LogP contribution in [0, 0.1) is 11.7 Å². The lowest BCUT2D eigenvalue weighted by molar-refractivity contribution is -0.156. The van der Waals surface area contributed by atoms with Gasteiger partial charge in [-0.15, -0.1) is 0 Å². The van der Waals surface area contributed by atoms with E-state index >= 15 is 0 Å². The molecule has 20 heavy (non-hydrogen) atoms. The minimum absolute atomic E-state index is 0.0192. The standard InChI is InChI=1S/C17H19FO2/c18-15-8-6-13(7-9-15)12-17(10-11-17)20-16(19)14-4-2-1-3-5-14/h1-2,6-9,14H,3-5,10-12H2/t14-/m0/s1. The number of esters is 1. The highest BCUT2D eigenvalue weighted by molar-refractivity contribution is 5.73. The molecule has 0 aromatic heterocycles. The molecular formula is C17H19FO2. The maximum atomic E-state index is 12.9. The first-order chi connectivity index (χ1) is 9.67. The number of benzene rings is 1. The third-order valence-electron chi connectivity index (χ3n) is 4.17. The van der Waals surface area contributed by atoms with E-state index in [1.807, 2.05) is 0 Å². The smallest absolute Gasteiger partial charge is 0.309 e. The van der Waals surface area contributed by atoms with Gasteiger partial charge < -0.3 is 4.74 Å². The van der Waals surface area contributed by atoms with E-state index in [2.05, 4.69) is 12.2 Å². The predicted octanol–water partition coefficient (Wildman–Crippen LogP) is 3.80. The van der Waals surface area contributed by atoms with Gasteiger partial charge in [-0.2, -0.15) is 0 Å². The molecule has 1 aromatic carbocycles. The lowest BCUT2D eigenvalue weighted by atomic mass is 9.94. The van der Waals surface area contributed by atoms with Gasteiger partial charge in [0.15, 0.2) is 0 Å². The third kappa shape index (κ3) is 3.09. The minimum atomic E-state index is -0.323. The molecule has 0 amide bonds. The molecule has 3 rings (SSSR count). The molecule has 2 nitrogen and oxygen atoms in total. The zero-order valence-electron chi connectivity index (χ0n) is 11.5. The minimum Gasteiger partial charge on any atom is -0.458 e. The van der Waals surface area contributed by atoms with Crippen LogP contribution in [0.1, 0.15) is 37.7 Å². The van der Waals surface area contributed by atoms with Gasteiger partial charge >= 0.3 is 5.97 Å². The summed E-state index contributed by atoms with van der Waals surface area (Å²) in [5.74, 6) is -0.274. The number of carbonyl (C=O) groups excluding carboxylic acids is 1. The molecule has 3 heteroatoms. The van der Waals surface area contributed by atoms with Crippen molar-refractivity contribution in [3.8, 4) is 0 Å². The molecule has 0 unspecified atom stereocenters. The maximum absolute atomic E-state index is 12.9. The Labute approximate surface area is 118 Å². The summed E-state index contributed by atoms with van der Waals surface area (Å²) in [6.07, 6.45) is 9.36. The Morgan fingerprint density at radius 3 is 2.60 bits per heavy atom. The quantitative estimate of drug-likeness (QED) is 0.616. The van der Waals surface area contributed by atoms with Crippen LogP contribution in [0.25, 0.3) is 0 Å². The van der Waals surface area contributed by atoms with Crippen LogP contribution in [0.2, 0.25) is 0 Å². The average molecular weight is 274 g/mol. The molecule has 1 fully saturated rings. The topological polar surface area (TPSA) is 26.3 Å². The van der Waals surface area contributed by atoms with E-state index in [1.165, 1.54) is 12.1 Å². The van der Waals surface area contributed by atoms with Crippen molar-refractivity contribution in [2.24, 2.45) is 5.92 Å². The molecule has 2 aliphatic carbocycles. The number of hydrogen-bond donors (Lipinski definition) is 0. The highest BCUT2D eigenvalue weighted by Gasteiger charge is 2.47. The number of hydrogen-bond acceptors (Lipinski definition) is 2. The summed E-state index contributed by atoms with van der Waals surface area (Å²) >= 11 is 0. The maximum Gasteiger partial charge on any atom is 0.309 e. The van der Waals surface area contributed by atoms with E-state index < -0.39 is 0 Å². The molecule has 0 radical (unpaired) electrons. The van der Waals surface area contributed by atoms with E-state index in [0.29, 0.717) is 6.42 Å². The highest BCUT2D eigenvalue weighted by Crippen LogP contribution is 2.43. The number of rotatable bonds is 4. The zero-order chi connectivity index (χ0) is 14.0. The van der Waals surface area contributed by atoms with E-state index in [4.69, 9.17) is 4.74 Å². The van der Waals surface area contributed by atoms with Gasteiger partial charge in [0.2, 0.25) is 0 Å². The molecule has 1 atom stereocenters. The normalized spacial score (nSPS) is 23.4. The van der Waals surface area contributed by atoms with Crippen molar-refractivity contribution < 1.29 is 13.9 Å². The Morgan fingerprint density at radius 2 is 2.00 bits per heavy atom. The average Bonchev–Trinajstić information content (AvgIpc) is 3.22. The Hall–Kier alpha value is -1.64. The summed E-state index contributed by atoms with van der Waals surface area (Å²) in [5, 5.41) is 0. The van der Waals surface area contributed by atoms with E-state index in [1.54, 1.807) is 12.1 Å². The van der Waals surface area contributed by atoms with Gasteiger partial charge in [-0.05, 0) is 49.8 Å². The molecular weight excluding hydrogens is 255 g/mol. The molecule has 1 aromatic rings. The number of halogens is 1. The van der Waals surface area contributed by atoms with Gasteiger partial charge in [0.05, 0.1) is 5.92 Å². The third-order valence-corrected chi connectivity index (χ3v) is 4.17. The first-order valence-electron chi connectivity index (χ1n) is 7.29. The second-order valence-corrected chi connectivity index (χ2v) is 5.89. The Balaban J connectivity index is 1.60. The second kappa shape index (κ2) is 5.39. The van der Waals surface area contributed by atoms with Crippen LogP contribution in [0.4, 0.5) is 4.39 Å². The van der Waals surface area contributed by atoms with Crippen LogP contribution in [-0.2, 0) is 16.0 Å². The van der Waals surface area contributed by atoms with E-state index in [0.717, 1.165) is 37.7 Å². The summed E-state index contributed by atoms with van der Waals surface area (Å²) < 4.78 is 18.7. The molecule has 0 aliphatic heterocycles. The van der Waals surface area contributed by atoms with Crippen LogP contribution in [-0.4, -0.2) is 11.6 Å². The summed E-state index contributed by atoms with van der Waals surface area (Å²) in [4.78, 5) is 12.2. The Bertz CT molecular complexity index is 514. The molecule has 0 spiro atoms. The molecule has 1 saturated carbocycles. The number of carbonyl (C=O) groups is 1. The lowest BCUT2D eigenvalue weighted by Crippen LogP contribution is -2.27. The fourth-order valence-electron chi connectivity index (χ4n) is 2.73. The molecule has 106 valence electrons. The van der Waals surface area contributed by atoms with Crippen LogP contribution in [0.3, 0.4) is 0 Å². The van der Waals surface area contributed by atoms with Crippen molar-refractivity contribution in [3.63, 3.8) is 0 Å². The predicted molar refractivity (Wildman–Crippen MR) is 74.6 cm³/mol. The monoisotopic (exact) mass is 274 g/mol. The second-order valence-electron chi connectivity index (χ2n) is 5.89. The van der Waals surface area contributed by atoms with Crippen LogP contribution >= 0.6 is 0 Å². The van der Waals surface area contributed by atoms with Gasteiger partial charge in [-0.3, -0.25) is 4.79 Å². The summed E-state index contributed by atoms with van der Waals surface area (Å²) in [7, 11) is 0. The van der Waals surface area contributed by atoms with Crippen molar-refractivity contribution in [1.82, 2.24) is 0 Å². The molecule has 0 heterocycles. The molecule has 0 bridgehead atoms. The molecule has 0 N–H and O–H groups in total. The Morgan fingerprint density at radius 1 is 1.25 bits per heavy atom. The van der Waals surface area contributed by atoms with Crippen molar-refractivity contribution in [1.29, 1.82) is 0 Å². The Kier molecular flexibility index (Phi) is 3.60. The zero-order valence-corrected chi connectivity index (χ0v) is 11.5. The van der Waals surface area contributed by atoms with Crippen LogP contribution in [0.5, 0.6) is 0 Å². The fourth-order valence-corrected chi connectivity index (χ4v) is 2.73. The lowest BCUT2D eigenvalue weighted by Gasteiger charge is -2.22. The first-order valence-corrected chi connectivity index (χ1v) is 7.29. The number of allylic oxidation sites excluding steroid dienone is 2. The van der Waals surface area contributed by atoms with E-state index in [9.17, 15) is 9.18 Å². The molecule has 0 saturated heterocycles. The largest absolute Gasteiger partial charge is 0.458 e. The van der Waals surface area contributed by atoms with Crippen LogP contribution < -0.4 is 0 Å². The van der Waals surface area contributed by atoms with Gasteiger partial charge in [0.25, 0.3) is 0 Å². The highest BCUT2D eigenvalue weighted by atomic mass is 19.1. The summed E-state index contributed by atoms with van der Waals surface area (Å²) in [5.41, 5.74) is 0.705. The first kappa shape index (κ1) is 13.3. The van der Waals surface area contributed by atoms with Crippen LogP contribution in [0.15, 0.2) is 36.4 Å². The number of ether oxygens (including phenoxy) is 1. The van der Waals surface area contributed by atoms with Gasteiger partial charge in [0, 0.05) is 6.42 Å². The van der Waals surface area contributed by atoms with E-state index in [-0.39, 0.29) is 23.3 Å². The van der Waals surface area contributed by atoms with Gasteiger partial charge in [-0.1, -0.05) is 24.3 Å².